The molecule has 1 heterocycles. The second-order valence-corrected chi connectivity index (χ2v) is 4.86. The molecule has 0 spiro atoms. The van der Waals surface area contributed by atoms with E-state index in [0.717, 1.165) is 11.3 Å². The van der Waals surface area contributed by atoms with E-state index in [1.165, 1.54) is 4.88 Å². The SMILES string of the molecule is CCc1ccc(CC(F)(CC)CN)s1. The largest absolute Gasteiger partial charge is 0.328 e. The van der Waals surface area contributed by atoms with Gasteiger partial charge in [0.2, 0.25) is 0 Å². The van der Waals surface area contributed by atoms with Crippen molar-refractivity contribution >= 4 is 11.3 Å². The van der Waals surface area contributed by atoms with Gasteiger partial charge in [-0.1, -0.05) is 13.8 Å². The van der Waals surface area contributed by atoms with Crippen molar-refractivity contribution in [3.05, 3.63) is 21.9 Å². The van der Waals surface area contributed by atoms with Crippen LogP contribution < -0.4 is 5.73 Å². The molecule has 0 aromatic carbocycles. The number of nitrogens with two attached hydrogens (primary N) is 1. The van der Waals surface area contributed by atoms with E-state index in [1.807, 2.05) is 13.0 Å². The van der Waals surface area contributed by atoms with Crippen LogP contribution in [0, 0.1) is 0 Å². The average molecular weight is 215 g/mol. The van der Waals surface area contributed by atoms with Crippen LogP contribution in [0.1, 0.15) is 30.0 Å². The number of hydrogen-bond donors (Lipinski definition) is 1. The molecule has 3 heteroatoms. The molecule has 0 saturated carbocycles. The maximum absolute atomic E-state index is 13.9. The number of thiophene rings is 1. The van der Waals surface area contributed by atoms with Crippen molar-refractivity contribution in [2.75, 3.05) is 6.54 Å². The molecule has 1 rings (SSSR count). The van der Waals surface area contributed by atoms with Crippen molar-refractivity contribution in [3.63, 3.8) is 0 Å². The first kappa shape index (κ1) is 11.7. The first-order chi connectivity index (χ1) is 6.63. The normalized spacial score (nSPS) is 15.4. The van der Waals surface area contributed by atoms with E-state index in [-0.39, 0.29) is 6.54 Å². The highest BCUT2D eigenvalue weighted by Crippen LogP contribution is 2.26. The second-order valence-electron chi connectivity index (χ2n) is 3.61. The van der Waals surface area contributed by atoms with Crippen molar-refractivity contribution in [2.45, 2.75) is 38.8 Å². The summed E-state index contributed by atoms with van der Waals surface area (Å²) < 4.78 is 13.9. The molecule has 0 saturated heterocycles. The number of halogens is 1. The summed E-state index contributed by atoms with van der Waals surface area (Å²) in [5.41, 5.74) is 4.22. The minimum atomic E-state index is -1.21. The van der Waals surface area contributed by atoms with Gasteiger partial charge in [0.05, 0.1) is 0 Å². The fraction of sp³-hybridized carbons (Fsp3) is 0.636. The second kappa shape index (κ2) is 4.89. The predicted octanol–water partition coefficient (Wildman–Crippen LogP) is 2.93. The van der Waals surface area contributed by atoms with E-state index in [1.54, 1.807) is 11.3 Å². The summed E-state index contributed by atoms with van der Waals surface area (Å²) in [6.07, 6.45) is 1.98. The Labute approximate surface area is 89.1 Å². The van der Waals surface area contributed by atoms with E-state index in [9.17, 15) is 4.39 Å². The molecular formula is C11H18FNS. The monoisotopic (exact) mass is 215 g/mol. The van der Waals surface area contributed by atoms with Gasteiger partial charge in [-0.15, -0.1) is 11.3 Å². The zero-order chi connectivity index (χ0) is 10.6. The van der Waals surface area contributed by atoms with Gasteiger partial charge in [-0.25, -0.2) is 4.39 Å². The van der Waals surface area contributed by atoms with Crippen LogP contribution in [0.15, 0.2) is 12.1 Å². The molecule has 0 amide bonds. The summed E-state index contributed by atoms with van der Waals surface area (Å²) in [6, 6.07) is 4.09. The molecule has 0 aliphatic carbocycles. The zero-order valence-corrected chi connectivity index (χ0v) is 9.66. The molecule has 0 bridgehead atoms. The summed E-state index contributed by atoms with van der Waals surface area (Å²) in [5, 5.41) is 0. The van der Waals surface area contributed by atoms with Gasteiger partial charge >= 0.3 is 0 Å². The number of alkyl halides is 1. The summed E-state index contributed by atoms with van der Waals surface area (Å²) in [6.45, 7) is 4.07. The molecule has 0 fully saturated rings. The lowest BCUT2D eigenvalue weighted by molar-refractivity contribution is 0.168. The Bertz CT molecular complexity index is 279. The van der Waals surface area contributed by atoms with Crippen molar-refractivity contribution < 1.29 is 4.39 Å². The molecule has 0 aliphatic rings. The molecule has 1 unspecified atom stereocenters. The maximum atomic E-state index is 13.9. The number of rotatable bonds is 5. The summed E-state index contributed by atoms with van der Waals surface area (Å²) >= 11 is 1.69. The molecule has 1 aromatic rings. The van der Waals surface area contributed by atoms with Crippen molar-refractivity contribution in [1.82, 2.24) is 0 Å². The fourth-order valence-electron chi connectivity index (χ4n) is 1.36. The van der Waals surface area contributed by atoms with Crippen LogP contribution in [0.5, 0.6) is 0 Å². The molecule has 1 atom stereocenters. The minimum Gasteiger partial charge on any atom is -0.328 e. The molecule has 1 aromatic heterocycles. The van der Waals surface area contributed by atoms with Gasteiger partial charge in [-0.2, -0.15) is 0 Å². The van der Waals surface area contributed by atoms with Crippen molar-refractivity contribution in [2.24, 2.45) is 5.73 Å². The molecule has 0 aliphatic heterocycles. The first-order valence-corrected chi connectivity index (χ1v) is 5.91. The van der Waals surface area contributed by atoms with E-state index in [0.29, 0.717) is 12.8 Å². The van der Waals surface area contributed by atoms with Gasteiger partial charge in [0, 0.05) is 22.7 Å². The highest BCUT2D eigenvalue weighted by atomic mass is 32.1. The predicted molar refractivity (Wildman–Crippen MR) is 60.6 cm³/mol. The third-order valence-electron chi connectivity index (χ3n) is 2.56. The topological polar surface area (TPSA) is 26.0 Å². The van der Waals surface area contributed by atoms with E-state index >= 15 is 0 Å². The summed E-state index contributed by atoms with van der Waals surface area (Å²) in [5.74, 6) is 0. The quantitative estimate of drug-likeness (QED) is 0.803. The van der Waals surface area contributed by atoms with Gasteiger partial charge in [-0.3, -0.25) is 0 Å². The Morgan fingerprint density at radius 3 is 2.43 bits per heavy atom. The number of aryl methyl sites for hydroxylation is 1. The van der Waals surface area contributed by atoms with Crippen LogP contribution in [0.4, 0.5) is 4.39 Å². The highest BCUT2D eigenvalue weighted by molar-refractivity contribution is 7.12. The molecule has 2 N–H and O–H groups in total. The molecule has 14 heavy (non-hydrogen) atoms. The van der Waals surface area contributed by atoms with Crippen LogP contribution in [0.2, 0.25) is 0 Å². The smallest absolute Gasteiger partial charge is 0.127 e. The van der Waals surface area contributed by atoms with Crippen molar-refractivity contribution in [1.29, 1.82) is 0 Å². The van der Waals surface area contributed by atoms with Crippen LogP contribution in [0.25, 0.3) is 0 Å². The lowest BCUT2D eigenvalue weighted by Crippen LogP contribution is -2.34. The fourth-order valence-corrected chi connectivity index (χ4v) is 2.45. The van der Waals surface area contributed by atoms with E-state index in [4.69, 9.17) is 5.73 Å². The van der Waals surface area contributed by atoms with E-state index in [2.05, 4.69) is 13.0 Å². The minimum absolute atomic E-state index is 0.114. The van der Waals surface area contributed by atoms with Crippen LogP contribution in [-0.2, 0) is 12.8 Å². The zero-order valence-electron chi connectivity index (χ0n) is 8.85. The lowest BCUT2D eigenvalue weighted by Gasteiger charge is -2.20. The van der Waals surface area contributed by atoms with Gasteiger partial charge in [-0.05, 0) is 25.0 Å². The Balaban J connectivity index is 2.67. The van der Waals surface area contributed by atoms with Crippen LogP contribution in [-0.4, -0.2) is 12.2 Å². The van der Waals surface area contributed by atoms with Crippen LogP contribution >= 0.6 is 11.3 Å². The standard InChI is InChI=1S/C11H18FNS/c1-3-9-5-6-10(14-9)7-11(12,4-2)8-13/h5-6H,3-4,7-8,13H2,1-2H3. The van der Waals surface area contributed by atoms with E-state index < -0.39 is 5.67 Å². The van der Waals surface area contributed by atoms with Crippen molar-refractivity contribution in [3.8, 4) is 0 Å². The molecular weight excluding hydrogens is 197 g/mol. The maximum Gasteiger partial charge on any atom is 0.127 e. The molecule has 80 valence electrons. The molecule has 0 radical (unpaired) electrons. The third kappa shape index (κ3) is 2.79. The number of hydrogen-bond acceptors (Lipinski definition) is 2. The lowest BCUT2D eigenvalue weighted by atomic mass is 9.98. The Kier molecular flexibility index (Phi) is 4.08. The van der Waals surface area contributed by atoms with Gasteiger partial charge < -0.3 is 5.73 Å². The molecule has 1 nitrogen and oxygen atoms in total. The van der Waals surface area contributed by atoms with Crippen LogP contribution in [0.3, 0.4) is 0 Å². The Morgan fingerprint density at radius 2 is 2.00 bits per heavy atom. The highest BCUT2D eigenvalue weighted by Gasteiger charge is 2.26. The Hall–Kier alpha value is -0.410. The van der Waals surface area contributed by atoms with Gasteiger partial charge in [0.15, 0.2) is 0 Å². The average Bonchev–Trinajstić information content (AvgIpc) is 2.65. The summed E-state index contributed by atoms with van der Waals surface area (Å²) in [7, 11) is 0. The summed E-state index contributed by atoms with van der Waals surface area (Å²) in [4.78, 5) is 2.42. The van der Waals surface area contributed by atoms with Gasteiger partial charge in [0.25, 0.3) is 0 Å². The van der Waals surface area contributed by atoms with Gasteiger partial charge in [0.1, 0.15) is 5.67 Å². The first-order valence-electron chi connectivity index (χ1n) is 5.10. The Morgan fingerprint density at radius 1 is 1.36 bits per heavy atom. The third-order valence-corrected chi connectivity index (χ3v) is 3.79.